The molecule has 0 aliphatic carbocycles. The summed E-state index contributed by atoms with van der Waals surface area (Å²) in [6.07, 6.45) is -0.250. The molecule has 120 valence electrons. The Kier molecular flexibility index (Phi) is 3.63. The van der Waals surface area contributed by atoms with Gasteiger partial charge in [-0.25, -0.2) is 13.6 Å². The van der Waals surface area contributed by atoms with E-state index in [2.05, 4.69) is 0 Å². The minimum atomic E-state index is -2.41. The summed E-state index contributed by atoms with van der Waals surface area (Å²) in [6, 6.07) is 8.54. The van der Waals surface area contributed by atoms with Gasteiger partial charge in [0.1, 0.15) is 11.6 Å². The van der Waals surface area contributed by atoms with Crippen LogP contribution in [0.3, 0.4) is 0 Å². The SMILES string of the molecule is O=C(c1ccc(-c2ccc(F)cc2)o1)N1CCC(F)(C(=O)O)C1. The Labute approximate surface area is 130 Å². The zero-order valence-electron chi connectivity index (χ0n) is 12.0. The lowest BCUT2D eigenvalue weighted by molar-refractivity contribution is -0.149. The van der Waals surface area contributed by atoms with E-state index in [-0.39, 0.29) is 24.5 Å². The van der Waals surface area contributed by atoms with E-state index in [0.717, 1.165) is 4.90 Å². The van der Waals surface area contributed by atoms with Gasteiger partial charge in [0.05, 0.1) is 6.54 Å². The number of carboxylic acids is 1. The monoisotopic (exact) mass is 321 g/mol. The van der Waals surface area contributed by atoms with Gasteiger partial charge in [-0.1, -0.05) is 0 Å². The number of carboxylic acid groups (broad SMARTS) is 1. The number of likely N-dealkylation sites (tertiary alicyclic amines) is 1. The van der Waals surface area contributed by atoms with Crippen molar-refractivity contribution in [2.75, 3.05) is 13.1 Å². The molecule has 0 bridgehead atoms. The van der Waals surface area contributed by atoms with E-state index in [1.54, 1.807) is 6.07 Å². The number of halogens is 2. The summed E-state index contributed by atoms with van der Waals surface area (Å²) >= 11 is 0. The Morgan fingerprint density at radius 1 is 1.17 bits per heavy atom. The van der Waals surface area contributed by atoms with Gasteiger partial charge in [0.15, 0.2) is 5.76 Å². The largest absolute Gasteiger partial charge is 0.479 e. The second-order valence-corrected chi connectivity index (χ2v) is 5.42. The molecule has 23 heavy (non-hydrogen) atoms. The van der Waals surface area contributed by atoms with Crippen molar-refractivity contribution < 1.29 is 27.9 Å². The van der Waals surface area contributed by atoms with Gasteiger partial charge in [0.25, 0.3) is 5.91 Å². The normalized spacial score (nSPS) is 20.7. The van der Waals surface area contributed by atoms with Crippen molar-refractivity contribution in [1.29, 1.82) is 0 Å². The fourth-order valence-electron chi connectivity index (χ4n) is 2.50. The van der Waals surface area contributed by atoms with Crippen LogP contribution in [0, 0.1) is 5.82 Å². The average Bonchev–Trinajstić information content (AvgIpc) is 3.15. The van der Waals surface area contributed by atoms with Gasteiger partial charge in [-0.3, -0.25) is 4.79 Å². The first-order valence-electron chi connectivity index (χ1n) is 6.96. The standard InChI is InChI=1S/C16H13F2NO4/c17-11-3-1-10(2-4-11)12-5-6-13(23-12)14(20)19-8-7-16(18,9-19)15(21)22/h1-6H,7-9H2,(H,21,22). The van der Waals surface area contributed by atoms with Crippen LogP contribution in [0.4, 0.5) is 8.78 Å². The third-order valence-electron chi connectivity index (χ3n) is 3.84. The Morgan fingerprint density at radius 3 is 2.48 bits per heavy atom. The maximum Gasteiger partial charge on any atom is 0.343 e. The Bertz CT molecular complexity index is 756. The summed E-state index contributed by atoms with van der Waals surface area (Å²) in [5.41, 5.74) is -1.82. The van der Waals surface area contributed by atoms with Crippen molar-refractivity contribution in [3.8, 4) is 11.3 Å². The minimum absolute atomic E-state index is 0.00815. The van der Waals surface area contributed by atoms with Crippen LogP contribution < -0.4 is 0 Å². The maximum atomic E-state index is 14.0. The highest BCUT2D eigenvalue weighted by Crippen LogP contribution is 2.29. The third kappa shape index (κ3) is 2.81. The quantitative estimate of drug-likeness (QED) is 0.943. The van der Waals surface area contributed by atoms with E-state index >= 15 is 0 Å². The lowest BCUT2D eigenvalue weighted by Crippen LogP contribution is -2.38. The summed E-state index contributed by atoms with van der Waals surface area (Å²) in [7, 11) is 0. The Balaban J connectivity index is 1.77. The molecule has 7 heteroatoms. The van der Waals surface area contributed by atoms with Gasteiger partial charge >= 0.3 is 5.97 Å². The number of hydrogen-bond acceptors (Lipinski definition) is 3. The summed E-state index contributed by atoms with van der Waals surface area (Å²) < 4.78 is 32.3. The second kappa shape index (κ2) is 5.49. The first-order valence-corrected chi connectivity index (χ1v) is 6.96. The molecule has 3 rings (SSSR count). The highest BCUT2D eigenvalue weighted by Gasteiger charge is 2.47. The van der Waals surface area contributed by atoms with E-state index in [0.29, 0.717) is 11.3 Å². The molecular weight excluding hydrogens is 308 g/mol. The van der Waals surface area contributed by atoms with Crippen LogP contribution in [0.2, 0.25) is 0 Å². The van der Waals surface area contributed by atoms with Gasteiger partial charge in [0.2, 0.25) is 5.67 Å². The smallest absolute Gasteiger partial charge is 0.343 e. The van der Waals surface area contributed by atoms with Crippen LogP contribution in [0.25, 0.3) is 11.3 Å². The maximum absolute atomic E-state index is 14.0. The predicted octanol–water partition coefficient (Wildman–Crippen LogP) is 2.72. The zero-order chi connectivity index (χ0) is 16.6. The van der Waals surface area contributed by atoms with Gasteiger partial charge in [-0.2, -0.15) is 0 Å². The number of hydrogen-bond donors (Lipinski definition) is 1. The van der Waals surface area contributed by atoms with Crippen LogP contribution in [-0.2, 0) is 4.79 Å². The number of carbonyl (C=O) groups is 2. The van der Waals surface area contributed by atoms with Crippen molar-refractivity contribution in [2.45, 2.75) is 12.1 Å². The molecule has 5 nitrogen and oxygen atoms in total. The van der Waals surface area contributed by atoms with Crippen molar-refractivity contribution in [3.63, 3.8) is 0 Å². The molecule has 1 amide bonds. The fraction of sp³-hybridized carbons (Fsp3) is 0.250. The first-order chi connectivity index (χ1) is 10.9. The van der Waals surface area contributed by atoms with Crippen molar-refractivity contribution in [3.05, 3.63) is 48.0 Å². The van der Waals surface area contributed by atoms with Crippen LogP contribution in [0.1, 0.15) is 17.0 Å². The number of furan rings is 1. The van der Waals surface area contributed by atoms with Gasteiger partial charge in [-0.15, -0.1) is 0 Å². The summed E-state index contributed by atoms with van der Waals surface area (Å²) in [4.78, 5) is 24.3. The number of benzene rings is 1. The molecule has 1 atom stereocenters. The van der Waals surface area contributed by atoms with E-state index in [4.69, 9.17) is 9.52 Å². The summed E-state index contributed by atoms with van der Waals surface area (Å²) in [6.45, 7) is -0.498. The zero-order valence-corrected chi connectivity index (χ0v) is 12.0. The van der Waals surface area contributed by atoms with Gasteiger partial charge in [-0.05, 0) is 36.4 Å². The molecule has 2 heterocycles. The van der Waals surface area contributed by atoms with Crippen LogP contribution >= 0.6 is 0 Å². The number of alkyl halides is 1. The van der Waals surface area contributed by atoms with Crippen LogP contribution in [-0.4, -0.2) is 40.6 Å². The van der Waals surface area contributed by atoms with Crippen molar-refractivity contribution >= 4 is 11.9 Å². The number of aliphatic carboxylic acids is 1. The predicted molar refractivity (Wildman–Crippen MR) is 76.1 cm³/mol. The molecule has 1 unspecified atom stereocenters. The molecule has 1 aliphatic rings. The third-order valence-corrected chi connectivity index (χ3v) is 3.84. The van der Waals surface area contributed by atoms with E-state index < -0.39 is 24.1 Å². The lowest BCUT2D eigenvalue weighted by atomic mass is 10.1. The van der Waals surface area contributed by atoms with Crippen molar-refractivity contribution in [2.24, 2.45) is 0 Å². The molecule has 0 spiro atoms. The molecule has 1 N–H and O–H groups in total. The number of nitrogens with zero attached hydrogens (tertiary/aromatic N) is 1. The Hall–Kier alpha value is -2.70. The molecule has 1 fully saturated rings. The minimum Gasteiger partial charge on any atom is -0.479 e. The molecular formula is C16H13F2NO4. The second-order valence-electron chi connectivity index (χ2n) is 5.42. The molecule has 2 aromatic rings. The van der Waals surface area contributed by atoms with E-state index in [9.17, 15) is 18.4 Å². The summed E-state index contributed by atoms with van der Waals surface area (Å²) in [5.74, 6) is -2.17. The topological polar surface area (TPSA) is 70.8 Å². The van der Waals surface area contributed by atoms with Gasteiger partial charge < -0.3 is 14.4 Å². The van der Waals surface area contributed by atoms with E-state index in [1.165, 1.54) is 30.3 Å². The summed E-state index contributed by atoms with van der Waals surface area (Å²) in [5, 5.41) is 8.85. The van der Waals surface area contributed by atoms with Gasteiger partial charge in [0, 0.05) is 18.5 Å². The number of rotatable bonds is 3. The lowest BCUT2D eigenvalue weighted by Gasteiger charge is -2.16. The first kappa shape index (κ1) is 15.2. The molecule has 0 radical (unpaired) electrons. The van der Waals surface area contributed by atoms with Crippen LogP contribution in [0.15, 0.2) is 40.8 Å². The molecule has 1 aromatic heterocycles. The fourth-order valence-corrected chi connectivity index (χ4v) is 2.50. The van der Waals surface area contributed by atoms with E-state index in [1.807, 2.05) is 0 Å². The molecule has 1 saturated heterocycles. The molecule has 0 saturated carbocycles. The Morgan fingerprint density at radius 2 is 1.87 bits per heavy atom. The van der Waals surface area contributed by atoms with Crippen molar-refractivity contribution in [1.82, 2.24) is 4.90 Å². The number of carbonyl (C=O) groups excluding carboxylic acids is 1. The average molecular weight is 321 g/mol. The highest BCUT2D eigenvalue weighted by molar-refractivity contribution is 5.93. The number of amides is 1. The molecule has 1 aromatic carbocycles. The van der Waals surface area contributed by atoms with Crippen LogP contribution in [0.5, 0.6) is 0 Å². The highest BCUT2D eigenvalue weighted by atomic mass is 19.1. The molecule has 1 aliphatic heterocycles.